The van der Waals surface area contributed by atoms with Crippen molar-refractivity contribution < 1.29 is 22.7 Å². The number of rotatable bonds is 5. The summed E-state index contributed by atoms with van der Waals surface area (Å²) in [6.45, 7) is 7.49. The van der Waals surface area contributed by atoms with Crippen LogP contribution in [0.2, 0.25) is 5.02 Å². The van der Waals surface area contributed by atoms with Gasteiger partial charge in [0.2, 0.25) is 10.0 Å². The molecular formula is C19H27ClN2O5S. The Morgan fingerprint density at radius 3 is 2.21 bits per heavy atom. The van der Waals surface area contributed by atoms with Gasteiger partial charge in [0.05, 0.1) is 10.8 Å². The first-order chi connectivity index (χ1) is 12.9. The van der Waals surface area contributed by atoms with Crippen molar-refractivity contribution in [3.05, 3.63) is 29.3 Å². The minimum absolute atomic E-state index is 0.172. The molecule has 0 saturated carbocycles. The normalized spacial score (nSPS) is 17.8. The van der Waals surface area contributed by atoms with Crippen LogP contribution in [0.3, 0.4) is 0 Å². The van der Waals surface area contributed by atoms with Crippen molar-refractivity contribution in [1.29, 1.82) is 0 Å². The summed E-state index contributed by atoms with van der Waals surface area (Å²) >= 11 is 5.81. The Bertz CT molecular complexity index is 810. The first kappa shape index (κ1) is 22.6. The lowest BCUT2D eigenvalue weighted by Gasteiger charge is -2.31. The van der Waals surface area contributed by atoms with Crippen LogP contribution in [0.15, 0.2) is 29.2 Å². The Morgan fingerprint density at radius 2 is 1.71 bits per heavy atom. The summed E-state index contributed by atoms with van der Waals surface area (Å²) < 4.78 is 32.0. The van der Waals surface area contributed by atoms with Crippen molar-refractivity contribution in [3.8, 4) is 0 Å². The van der Waals surface area contributed by atoms with E-state index in [-0.39, 0.29) is 23.9 Å². The molecule has 1 aliphatic rings. The zero-order valence-corrected chi connectivity index (χ0v) is 18.1. The summed E-state index contributed by atoms with van der Waals surface area (Å²) in [5.41, 5.74) is -0.418. The monoisotopic (exact) mass is 430 g/mol. The summed E-state index contributed by atoms with van der Waals surface area (Å²) in [6.07, 6.45) is -0.207. The molecular weight excluding hydrogens is 404 g/mol. The Labute approximate surface area is 171 Å². The van der Waals surface area contributed by atoms with E-state index in [2.05, 4.69) is 5.32 Å². The molecule has 9 heteroatoms. The van der Waals surface area contributed by atoms with Crippen molar-refractivity contribution in [2.75, 3.05) is 13.1 Å². The smallest absolute Gasteiger partial charge is 0.309 e. The molecule has 2 rings (SSSR count). The van der Waals surface area contributed by atoms with Gasteiger partial charge in [0.25, 0.3) is 5.91 Å². The molecule has 1 heterocycles. The molecule has 0 aromatic heterocycles. The standard InChI is InChI=1S/C19H27ClN2O5S/c1-13(17(23)21-19(2,3)4)27-18(24)14-9-11-22(12-10-14)28(25,26)16-7-5-15(20)6-8-16/h5-8,13-14H,9-12H2,1-4H3,(H,21,23). The molecule has 1 atom stereocenters. The van der Waals surface area contributed by atoms with Crippen LogP contribution in [-0.2, 0) is 24.3 Å². The minimum Gasteiger partial charge on any atom is -0.452 e. The fraction of sp³-hybridized carbons (Fsp3) is 0.579. The Morgan fingerprint density at radius 1 is 1.18 bits per heavy atom. The quantitative estimate of drug-likeness (QED) is 0.724. The zero-order valence-electron chi connectivity index (χ0n) is 16.6. The Balaban J connectivity index is 1.91. The van der Waals surface area contributed by atoms with Gasteiger partial charge in [0.15, 0.2) is 6.10 Å². The van der Waals surface area contributed by atoms with E-state index in [1.807, 2.05) is 20.8 Å². The van der Waals surface area contributed by atoms with Crippen molar-refractivity contribution >= 4 is 33.5 Å². The van der Waals surface area contributed by atoms with Crippen LogP contribution in [0.4, 0.5) is 0 Å². The Kier molecular flexibility index (Phi) is 7.12. The van der Waals surface area contributed by atoms with E-state index in [0.29, 0.717) is 17.9 Å². The van der Waals surface area contributed by atoms with Gasteiger partial charge >= 0.3 is 5.97 Å². The molecule has 1 saturated heterocycles. The molecule has 0 spiro atoms. The third-order valence-electron chi connectivity index (χ3n) is 4.40. The second-order valence-electron chi connectivity index (χ2n) is 7.95. The van der Waals surface area contributed by atoms with E-state index in [4.69, 9.17) is 16.3 Å². The molecule has 1 aromatic rings. The molecule has 0 radical (unpaired) electrons. The van der Waals surface area contributed by atoms with Gasteiger partial charge in [0.1, 0.15) is 0 Å². The number of esters is 1. The van der Waals surface area contributed by atoms with E-state index in [9.17, 15) is 18.0 Å². The number of ether oxygens (including phenoxy) is 1. The number of nitrogens with zero attached hydrogens (tertiary/aromatic N) is 1. The average molecular weight is 431 g/mol. The molecule has 7 nitrogen and oxygen atoms in total. The van der Waals surface area contributed by atoms with Crippen LogP contribution in [0.5, 0.6) is 0 Å². The van der Waals surface area contributed by atoms with Gasteiger partial charge in [-0.3, -0.25) is 9.59 Å². The largest absolute Gasteiger partial charge is 0.452 e. The first-order valence-electron chi connectivity index (χ1n) is 9.18. The highest BCUT2D eigenvalue weighted by molar-refractivity contribution is 7.89. The summed E-state index contributed by atoms with van der Waals surface area (Å²) in [5, 5.41) is 3.23. The fourth-order valence-electron chi connectivity index (χ4n) is 2.88. The Hall–Kier alpha value is -1.64. The van der Waals surface area contributed by atoms with Crippen molar-refractivity contribution in [3.63, 3.8) is 0 Å². The number of sulfonamides is 1. The second-order valence-corrected chi connectivity index (χ2v) is 10.3. The predicted molar refractivity (Wildman–Crippen MR) is 106 cm³/mol. The van der Waals surface area contributed by atoms with Crippen molar-refractivity contribution in [1.82, 2.24) is 9.62 Å². The molecule has 156 valence electrons. The molecule has 1 N–H and O–H groups in total. The fourth-order valence-corrected chi connectivity index (χ4v) is 4.48. The van der Waals surface area contributed by atoms with Crippen LogP contribution in [0.1, 0.15) is 40.5 Å². The highest BCUT2D eigenvalue weighted by atomic mass is 35.5. The van der Waals surface area contributed by atoms with Gasteiger partial charge in [-0.15, -0.1) is 0 Å². The number of piperidine rings is 1. The number of halogens is 1. The van der Waals surface area contributed by atoms with Crippen molar-refractivity contribution in [2.45, 2.75) is 57.1 Å². The second kappa shape index (κ2) is 8.80. The zero-order chi connectivity index (χ0) is 21.1. The third-order valence-corrected chi connectivity index (χ3v) is 6.56. The molecule has 1 amide bonds. The highest BCUT2D eigenvalue weighted by Gasteiger charge is 2.34. The number of amides is 1. The topological polar surface area (TPSA) is 92.8 Å². The van der Waals surface area contributed by atoms with Gasteiger partial charge < -0.3 is 10.1 Å². The number of hydrogen-bond donors (Lipinski definition) is 1. The molecule has 28 heavy (non-hydrogen) atoms. The van der Waals surface area contributed by atoms with Crippen LogP contribution < -0.4 is 5.32 Å². The summed E-state index contributed by atoms with van der Waals surface area (Å²) in [7, 11) is -3.63. The SMILES string of the molecule is CC(OC(=O)C1CCN(S(=O)(=O)c2ccc(Cl)cc2)CC1)C(=O)NC(C)(C)C. The molecule has 1 fully saturated rings. The van der Waals surface area contributed by atoms with Crippen LogP contribution >= 0.6 is 11.6 Å². The molecule has 0 bridgehead atoms. The predicted octanol–water partition coefficient (Wildman–Crippen LogP) is 2.59. The van der Waals surface area contributed by atoms with E-state index < -0.39 is 33.6 Å². The van der Waals surface area contributed by atoms with Crippen molar-refractivity contribution in [2.24, 2.45) is 5.92 Å². The first-order valence-corrected chi connectivity index (χ1v) is 11.0. The van der Waals surface area contributed by atoms with E-state index in [1.165, 1.54) is 35.5 Å². The third kappa shape index (κ3) is 5.93. The number of nitrogens with one attached hydrogen (secondary N) is 1. The summed E-state index contributed by atoms with van der Waals surface area (Å²) in [4.78, 5) is 24.6. The minimum atomic E-state index is -3.63. The number of hydrogen-bond acceptors (Lipinski definition) is 5. The molecule has 1 aliphatic heterocycles. The van der Waals surface area contributed by atoms with E-state index in [1.54, 1.807) is 0 Å². The molecule has 1 aromatic carbocycles. The van der Waals surface area contributed by atoms with Gasteiger partial charge in [-0.1, -0.05) is 11.6 Å². The lowest BCUT2D eigenvalue weighted by Crippen LogP contribution is -2.47. The van der Waals surface area contributed by atoms with E-state index >= 15 is 0 Å². The summed E-state index contributed by atoms with van der Waals surface area (Å²) in [6, 6.07) is 5.99. The highest BCUT2D eigenvalue weighted by Crippen LogP contribution is 2.25. The average Bonchev–Trinajstić information content (AvgIpc) is 2.60. The lowest BCUT2D eigenvalue weighted by atomic mass is 9.98. The van der Waals surface area contributed by atoms with Gasteiger partial charge in [-0.05, 0) is 64.8 Å². The number of carbonyl (C=O) groups excluding carboxylic acids is 2. The molecule has 0 aliphatic carbocycles. The van der Waals surface area contributed by atoms with Gasteiger partial charge in [-0.25, -0.2) is 8.42 Å². The maximum Gasteiger partial charge on any atom is 0.309 e. The lowest BCUT2D eigenvalue weighted by molar-refractivity contribution is -0.160. The maximum atomic E-state index is 12.7. The number of benzene rings is 1. The van der Waals surface area contributed by atoms with Crippen LogP contribution in [-0.4, -0.2) is 49.3 Å². The van der Waals surface area contributed by atoms with Gasteiger partial charge in [0, 0.05) is 23.7 Å². The summed E-state index contributed by atoms with van der Waals surface area (Å²) in [5.74, 6) is -1.26. The maximum absolute atomic E-state index is 12.7. The van der Waals surface area contributed by atoms with Crippen LogP contribution in [0.25, 0.3) is 0 Å². The number of carbonyl (C=O) groups is 2. The molecule has 1 unspecified atom stereocenters. The van der Waals surface area contributed by atoms with Crippen LogP contribution in [0, 0.1) is 5.92 Å². The van der Waals surface area contributed by atoms with Gasteiger partial charge in [-0.2, -0.15) is 4.31 Å². The van der Waals surface area contributed by atoms with E-state index in [0.717, 1.165) is 0 Å².